The van der Waals surface area contributed by atoms with Crippen molar-refractivity contribution in [1.29, 1.82) is 0 Å². The zero-order valence-corrected chi connectivity index (χ0v) is 11.3. The van der Waals surface area contributed by atoms with Crippen molar-refractivity contribution in [2.24, 2.45) is 5.73 Å². The van der Waals surface area contributed by atoms with E-state index in [1.54, 1.807) is 0 Å². The molecule has 0 saturated carbocycles. The van der Waals surface area contributed by atoms with Crippen LogP contribution in [0.15, 0.2) is 54.6 Å². The first-order valence-corrected chi connectivity index (χ1v) is 6.69. The SMILES string of the molecule is NC(Cc1ccc2ccccc2n1)c1cc(F)ccc1F. The summed E-state index contributed by atoms with van der Waals surface area (Å²) >= 11 is 0. The number of halogens is 2. The second-order valence-corrected chi connectivity index (χ2v) is 4.97. The molecule has 0 radical (unpaired) electrons. The lowest BCUT2D eigenvalue weighted by molar-refractivity contribution is 0.559. The minimum Gasteiger partial charge on any atom is -0.324 e. The lowest BCUT2D eigenvalue weighted by Crippen LogP contribution is -2.16. The molecule has 2 aromatic carbocycles. The molecule has 0 bridgehead atoms. The van der Waals surface area contributed by atoms with Crippen molar-refractivity contribution in [2.75, 3.05) is 0 Å². The Bertz CT molecular complexity index is 787. The third-order valence-corrected chi connectivity index (χ3v) is 3.44. The third-order valence-electron chi connectivity index (χ3n) is 3.44. The van der Waals surface area contributed by atoms with Crippen LogP contribution in [0.2, 0.25) is 0 Å². The standard InChI is InChI=1S/C17H14F2N2/c18-12-6-8-15(19)14(9-12)16(20)10-13-7-5-11-3-1-2-4-17(11)21-13/h1-9,16H,10,20H2. The highest BCUT2D eigenvalue weighted by Gasteiger charge is 2.14. The van der Waals surface area contributed by atoms with E-state index in [0.29, 0.717) is 6.42 Å². The van der Waals surface area contributed by atoms with Gasteiger partial charge in [0.25, 0.3) is 0 Å². The number of nitrogens with zero attached hydrogens (tertiary/aromatic N) is 1. The number of nitrogens with two attached hydrogens (primary N) is 1. The Morgan fingerprint density at radius 1 is 1.00 bits per heavy atom. The normalized spacial score (nSPS) is 12.5. The van der Waals surface area contributed by atoms with E-state index in [0.717, 1.165) is 34.8 Å². The van der Waals surface area contributed by atoms with E-state index in [-0.39, 0.29) is 5.56 Å². The van der Waals surface area contributed by atoms with Crippen LogP contribution in [0.1, 0.15) is 17.3 Å². The molecule has 1 heterocycles. The highest BCUT2D eigenvalue weighted by atomic mass is 19.1. The van der Waals surface area contributed by atoms with Gasteiger partial charge >= 0.3 is 0 Å². The predicted molar refractivity (Wildman–Crippen MR) is 78.7 cm³/mol. The van der Waals surface area contributed by atoms with Crippen LogP contribution < -0.4 is 5.73 Å². The van der Waals surface area contributed by atoms with Gasteiger partial charge in [0.15, 0.2) is 0 Å². The van der Waals surface area contributed by atoms with E-state index in [1.807, 2.05) is 36.4 Å². The van der Waals surface area contributed by atoms with Crippen molar-refractivity contribution < 1.29 is 8.78 Å². The fourth-order valence-corrected chi connectivity index (χ4v) is 2.36. The van der Waals surface area contributed by atoms with Crippen LogP contribution >= 0.6 is 0 Å². The predicted octanol–water partition coefficient (Wildman–Crippen LogP) is 3.76. The molecule has 0 aliphatic rings. The average Bonchev–Trinajstić information content (AvgIpc) is 2.49. The van der Waals surface area contributed by atoms with Crippen LogP contribution in [0, 0.1) is 11.6 Å². The zero-order chi connectivity index (χ0) is 14.8. The Morgan fingerprint density at radius 2 is 1.81 bits per heavy atom. The number of hydrogen-bond donors (Lipinski definition) is 1. The maximum Gasteiger partial charge on any atom is 0.128 e. The number of pyridine rings is 1. The summed E-state index contributed by atoms with van der Waals surface area (Å²) in [7, 11) is 0. The number of aromatic nitrogens is 1. The molecular formula is C17H14F2N2. The highest BCUT2D eigenvalue weighted by molar-refractivity contribution is 5.78. The molecule has 2 nitrogen and oxygen atoms in total. The molecule has 3 aromatic rings. The van der Waals surface area contributed by atoms with Gasteiger partial charge in [-0.3, -0.25) is 4.98 Å². The maximum atomic E-state index is 13.7. The fourth-order valence-electron chi connectivity index (χ4n) is 2.36. The first kappa shape index (κ1) is 13.6. The van der Waals surface area contributed by atoms with Gasteiger partial charge in [-0.1, -0.05) is 24.3 Å². The third kappa shape index (κ3) is 2.90. The molecular weight excluding hydrogens is 270 g/mol. The molecule has 4 heteroatoms. The number of para-hydroxylation sites is 1. The number of benzene rings is 2. The summed E-state index contributed by atoms with van der Waals surface area (Å²) in [5.41, 5.74) is 7.78. The largest absolute Gasteiger partial charge is 0.324 e. The van der Waals surface area contributed by atoms with Crippen LogP contribution in [0.5, 0.6) is 0 Å². The maximum absolute atomic E-state index is 13.7. The van der Waals surface area contributed by atoms with E-state index in [1.165, 1.54) is 0 Å². The lowest BCUT2D eigenvalue weighted by atomic mass is 10.0. The molecule has 1 aromatic heterocycles. The van der Waals surface area contributed by atoms with Gasteiger partial charge in [-0.05, 0) is 30.3 Å². The molecule has 1 unspecified atom stereocenters. The number of fused-ring (bicyclic) bond motifs is 1. The Hall–Kier alpha value is -2.33. The summed E-state index contributed by atoms with van der Waals surface area (Å²) < 4.78 is 26.9. The second kappa shape index (κ2) is 5.58. The molecule has 21 heavy (non-hydrogen) atoms. The fraction of sp³-hybridized carbons (Fsp3) is 0.118. The van der Waals surface area contributed by atoms with Crippen molar-refractivity contribution in [3.63, 3.8) is 0 Å². The van der Waals surface area contributed by atoms with Gasteiger partial charge in [0.05, 0.1) is 5.52 Å². The topological polar surface area (TPSA) is 38.9 Å². The van der Waals surface area contributed by atoms with E-state index in [4.69, 9.17) is 5.73 Å². The second-order valence-electron chi connectivity index (χ2n) is 4.97. The van der Waals surface area contributed by atoms with Gasteiger partial charge in [0.1, 0.15) is 11.6 Å². The molecule has 0 aliphatic carbocycles. The summed E-state index contributed by atoms with van der Waals surface area (Å²) in [4.78, 5) is 4.50. The monoisotopic (exact) mass is 284 g/mol. The molecule has 0 fully saturated rings. The summed E-state index contributed by atoms with van der Waals surface area (Å²) in [6, 6.07) is 14.2. The van der Waals surface area contributed by atoms with E-state index in [2.05, 4.69) is 4.98 Å². The molecule has 0 saturated heterocycles. The smallest absolute Gasteiger partial charge is 0.128 e. The Kier molecular flexibility index (Phi) is 3.62. The van der Waals surface area contributed by atoms with Crippen LogP contribution in [0.3, 0.4) is 0 Å². The molecule has 0 aliphatic heterocycles. The lowest BCUT2D eigenvalue weighted by Gasteiger charge is -2.13. The number of hydrogen-bond acceptors (Lipinski definition) is 2. The van der Waals surface area contributed by atoms with Crippen LogP contribution in [0.25, 0.3) is 10.9 Å². The molecule has 2 N–H and O–H groups in total. The first-order valence-electron chi connectivity index (χ1n) is 6.69. The zero-order valence-electron chi connectivity index (χ0n) is 11.3. The molecule has 106 valence electrons. The summed E-state index contributed by atoms with van der Waals surface area (Å²) in [6.07, 6.45) is 0.352. The van der Waals surface area contributed by atoms with E-state index < -0.39 is 17.7 Å². The van der Waals surface area contributed by atoms with Gasteiger partial charge in [0, 0.05) is 29.1 Å². The van der Waals surface area contributed by atoms with Crippen molar-refractivity contribution >= 4 is 10.9 Å². The van der Waals surface area contributed by atoms with Crippen molar-refractivity contribution in [2.45, 2.75) is 12.5 Å². The Morgan fingerprint density at radius 3 is 2.67 bits per heavy atom. The molecule has 3 rings (SSSR count). The van der Waals surface area contributed by atoms with Gasteiger partial charge < -0.3 is 5.73 Å². The van der Waals surface area contributed by atoms with Crippen molar-refractivity contribution in [3.05, 3.63) is 77.5 Å². The van der Waals surface area contributed by atoms with Gasteiger partial charge in [-0.25, -0.2) is 8.78 Å². The molecule has 0 spiro atoms. The highest BCUT2D eigenvalue weighted by Crippen LogP contribution is 2.21. The van der Waals surface area contributed by atoms with Gasteiger partial charge in [-0.2, -0.15) is 0 Å². The van der Waals surface area contributed by atoms with Gasteiger partial charge in [0.2, 0.25) is 0 Å². The number of rotatable bonds is 3. The van der Waals surface area contributed by atoms with E-state index >= 15 is 0 Å². The Labute approximate surface area is 121 Å². The minimum absolute atomic E-state index is 0.171. The summed E-state index contributed by atoms with van der Waals surface area (Å²) in [5.74, 6) is -0.988. The van der Waals surface area contributed by atoms with Crippen LogP contribution in [0.4, 0.5) is 8.78 Å². The van der Waals surface area contributed by atoms with E-state index in [9.17, 15) is 8.78 Å². The molecule has 0 amide bonds. The summed E-state index contributed by atoms with van der Waals surface area (Å²) in [6.45, 7) is 0. The van der Waals surface area contributed by atoms with Crippen molar-refractivity contribution in [3.8, 4) is 0 Å². The van der Waals surface area contributed by atoms with Crippen LogP contribution in [-0.4, -0.2) is 4.98 Å². The molecule has 1 atom stereocenters. The average molecular weight is 284 g/mol. The van der Waals surface area contributed by atoms with Crippen LogP contribution in [-0.2, 0) is 6.42 Å². The summed E-state index contributed by atoms with van der Waals surface area (Å²) in [5, 5.41) is 1.03. The minimum atomic E-state index is -0.630. The quantitative estimate of drug-likeness (QED) is 0.795. The van der Waals surface area contributed by atoms with Crippen molar-refractivity contribution in [1.82, 2.24) is 4.98 Å². The van der Waals surface area contributed by atoms with Gasteiger partial charge in [-0.15, -0.1) is 0 Å². The Balaban J connectivity index is 1.88. The first-order chi connectivity index (χ1) is 10.1.